The van der Waals surface area contributed by atoms with Gasteiger partial charge in [0.2, 0.25) is 6.39 Å². The molecule has 90 valence electrons. The van der Waals surface area contributed by atoms with E-state index in [4.69, 9.17) is 0 Å². The van der Waals surface area contributed by atoms with Crippen LogP contribution in [0.4, 0.5) is 0 Å². The monoisotopic (exact) mass is 224 g/mol. The second-order valence-electron chi connectivity index (χ2n) is 4.25. The maximum atomic E-state index is 4.66. The third-order valence-corrected chi connectivity index (χ3v) is 2.96. The minimum Gasteiger partial charge on any atom is -0.343 e. The van der Waals surface area contributed by atoms with Crippen LogP contribution in [0.25, 0.3) is 0 Å². The molecular formula is C11H20N4O. The lowest BCUT2D eigenvalue weighted by molar-refractivity contribution is 0.331. The first-order valence-electron chi connectivity index (χ1n) is 6.13. The molecule has 1 saturated heterocycles. The minimum atomic E-state index is 0.784. The van der Waals surface area contributed by atoms with Crippen molar-refractivity contribution in [3.63, 3.8) is 0 Å². The lowest BCUT2D eigenvalue weighted by Crippen LogP contribution is -2.26. The molecule has 5 heteroatoms. The smallest absolute Gasteiger partial charge is 0.213 e. The van der Waals surface area contributed by atoms with Crippen molar-refractivity contribution in [2.24, 2.45) is 0 Å². The van der Waals surface area contributed by atoms with Crippen LogP contribution < -0.4 is 5.32 Å². The minimum absolute atomic E-state index is 0.784. The lowest BCUT2D eigenvalue weighted by atomic mass is 10.3. The Morgan fingerprint density at radius 1 is 1.31 bits per heavy atom. The first-order chi connectivity index (χ1) is 7.95. The Bertz CT molecular complexity index is 270. The summed E-state index contributed by atoms with van der Waals surface area (Å²) in [5.74, 6) is 0.784. The van der Waals surface area contributed by atoms with E-state index in [0.717, 1.165) is 25.3 Å². The molecule has 0 amide bonds. The van der Waals surface area contributed by atoms with Gasteiger partial charge in [0, 0.05) is 13.0 Å². The van der Waals surface area contributed by atoms with E-state index in [1.54, 1.807) is 0 Å². The quantitative estimate of drug-likeness (QED) is 0.690. The van der Waals surface area contributed by atoms with Crippen LogP contribution in [0.3, 0.4) is 0 Å². The van der Waals surface area contributed by atoms with Crippen molar-refractivity contribution in [2.45, 2.75) is 25.7 Å². The molecule has 1 fully saturated rings. The molecule has 1 N–H and O–H groups in total. The van der Waals surface area contributed by atoms with Crippen LogP contribution in [-0.4, -0.2) is 47.8 Å². The normalized spacial score (nSPS) is 17.0. The largest absolute Gasteiger partial charge is 0.343 e. The number of rotatable bonds is 7. The molecule has 16 heavy (non-hydrogen) atoms. The molecule has 0 saturated carbocycles. The van der Waals surface area contributed by atoms with Crippen LogP contribution in [0, 0.1) is 0 Å². The van der Waals surface area contributed by atoms with Gasteiger partial charge in [0.05, 0.1) is 0 Å². The van der Waals surface area contributed by atoms with Gasteiger partial charge in [0.1, 0.15) is 0 Å². The Hall–Kier alpha value is -0.940. The van der Waals surface area contributed by atoms with Gasteiger partial charge in [-0.15, -0.1) is 0 Å². The Balaban J connectivity index is 1.43. The fourth-order valence-corrected chi connectivity index (χ4v) is 2.06. The van der Waals surface area contributed by atoms with E-state index < -0.39 is 0 Å². The molecule has 1 aromatic rings. The molecule has 0 aliphatic carbocycles. The summed E-state index contributed by atoms with van der Waals surface area (Å²) < 4.78 is 4.66. The fourth-order valence-electron chi connectivity index (χ4n) is 2.06. The predicted octanol–water partition coefficient (Wildman–Crippen LogP) is 0.688. The fraction of sp³-hybridized carbons (Fsp3) is 0.818. The van der Waals surface area contributed by atoms with Crippen molar-refractivity contribution >= 4 is 0 Å². The van der Waals surface area contributed by atoms with E-state index in [2.05, 4.69) is 24.9 Å². The van der Waals surface area contributed by atoms with Crippen LogP contribution >= 0.6 is 0 Å². The number of hydrogen-bond donors (Lipinski definition) is 1. The van der Waals surface area contributed by atoms with Crippen molar-refractivity contribution < 1.29 is 4.52 Å². The third-order valence-electron chi connectivity index (χ3n) is 2.96. The van der Waals surface area contributed by atoms with Crippen LogP contribution in [0.5, 0.6) is 0 Å². The van der Waals surface area contributed by atoms with E-state index in [1.165, 1.54) is 45.3 Å². The average molecular weight is 224 g/mol. The zero-order valence-electron chi connectivity index (χ0n) is 9.69. The van der Waals surface area contributed by atoms with E-state index in [9.17, 15) is 0 Å². The molecule has 5 nitrogen and oxygen atoms in total. The molecule has 2 rings (SSSR count). The zero-order valence-corrected chi connectivity index (χ0v) is 9.69. The van der Waals surface area contributed by atoms with Crippen molar-refractivity contribution in [3.05, 3.63) is 12.2 Å². The molecule has 0 atom stereocenters. The highest BCUT2D eigenvalue weighted by Crippen LogP contribution is 2.06. The van der Waals surface area contributed by atoms with Crippen LogP contribution in [0.1, 0.15) is 25.1 Å². The number of aromatic nitrogens is 2. The zero-order chi connectivity index (χ0) is 11.1. The highest BCUT2D eigenvalue weighted by atomic mass is 16.5. The summed E-state index contributed by atoms with van der Waals surface area (Å²) in [6.45, 7) is 5.83. The van der Waals surface area contributed by atoms with Gasteiger partial charge in [-0.05, 0) is 45.4 Å². The first kappa shape index (κ1) is 11.5. The maximum Gasteiger partial charge on any atom is 0.213 e. The summed E-state index contributed by atoms with van der Waals surface area (Å²) in [5.41, 5.74) is 0. The Morgan fingerprint density at radius 2 is 2.19 bits per heavy atom. The van der Waals surface area contributed by atoms with Gasteiger partial charge in [-0.25, -0.2) is 0 Å². The third kappa shape index (κ3) is 3.90. The Kier molecular flexibility index (Phi) is 4.76. The molecule has 2 heterocycles. The van der Waals surface area contributed by atoms with Crippen LogP contribution in [0.15, 0.2) is 10.9 Å². The van der Waals surface area contributed by atoms with Crippen LogP contribution in [0.2, 0.25) is 0 Å². The van der Waals surface area contributed by atoms with E-state index in [-0.39, 0.29) is 0 Å². The van der Waals surface area contributed by atoms with Gasteiger partial charge in [-0.3, -0.25) is 0 Å². The lowest BCUT2D eigenvalue weighted by Gasteiger charge is -2.13. The number of hydrogen-bond acceptors (Lipinski definition) is 5. The predicted molar refractivity (Wildman–Crippen MR) is 61.2 cm³/mol. The molecule has 1 aromatic heterocycles. The van der Waals surface area contributed by atoms with Crippen molar-refractivity contribution in [3.8, 4) is 0 Å². The van der Waals surface area contributed by atoms with Gasteiger partial charge in [0.25, 0.3) is 0 Å². The molecule has 1 aliphatic heterocycles. The molecule has 1 aliphatic rings. The van der Waals surface area contributed by atoms with E-state index in [1.807, 2.05) is 0 Å². The van der Waals surface area contributed by atoms with Crippen molar-refractivity contribution in [1.29, 1.82) is 0 Å². The second kappa shape index (κ2) is 6.60. The van der Waals surface area contributed by atoms with Gasteiger partial charge < -0.3 is 14.7 Å². The van der Waals surface area contributed by atoms with Gasteiger partial charge in [-0.1, -0.05) is 5.16 Å². The second-order valence-corrected chi connectivity index (χ2v) is 4.25. The molecule has 0 bridgehead atoms. The van der Waals surface area contributed by atoms with Gasteiger partial charge in [0.15, 0.2) is 5.82 Å². The average Bonchev–Trinajstić information content (AvgIpc) is 2.96. The number of likely N-dealkylation sites (tertiary alicyclic amines) is 1. The Labute approximate surface area is 96.2 Å². The highest BCUT2D eigenvalue weighted by molar-refractivity contribution is 4.78. The van der Waals surface area contributed by atoms with Gasteiger partial charge in [-0.2, -0.15) is 4.98 Å². The summed E-state index contributed by atoms with van der Waals surface area (Å²) in [6.07, 6.45) is 6.21. The topological polar surface area (TPSA) is 54.2 Å². The summed E-state index contributed by atoms with van der Waals surface area (Å²) in [6, 6.07) is 0. The SMILES string of the molecule is c1nc(CCNCCCN2CCCC2)no1. The molecule has 0 aromatic carbocycles. The summed E-state index contributed by atoms with van der Waals surface area (Å²) in [7, 11) is 0. The van der Waals surface area contributed by atoms with Crippen molar-refractivity contribution in [2.75, 3.05) is 32.7 Å². The number of nitrogens with zero attached hydrogens (tertiary/aromatic N) is 3. The molecular weight excluding hydrogens is 204 g/mol. The first-order valence-corrected chi connectivity index (χ1v) is 6.13. The molecule has 0 spiro atoms. The van der Waals surface area contributed by atoms with E-state index >= 15 is 0 Å². The highest BCUT2D eigenvalue weighted by Gasteiger charge is 2.09. The summed E-state index contributed by atoms with van der Waals surface area (Å²) in [4.78, 5) is 6.51. The maximum absolute atomic E-state index is 4.66. The van der Waals surface area contributed by atoms with Crippen molar-refractivity contribution in [1.82, 2.24) is 20.4 Å². The van der Waals surface area contributed by atoms with E-state index in [0.29, 0.717) is 0 Å². The molecule has 0 radical (unpaired) electrons. The molecule has 0 unspecified atom stereocenters. The van der Waals surface area contributed by atoms with Gasteiger partial charge >= 0.3 is 0 Å². The van der Waals surface area contributed by atoms with Crippen LogP contribution in [-0.2, 0) is 6.42 Å². The summed E-state index contributed by atoms with van der Waals surface area (Å²) >= 11 is 0. The standard InChI is InChI=1S/C11H20N4O/c1-2-8-15(7-1)9-3-5-12-6-4-11-13-10-16-14-11/h10,12H,1-9H2. The number of nitrogens with one attached hydrogen (secondary N) is 1. The summed E-state index contributed by atoms with van der Waals surface area (Å²) in [5, 5.41) is 7.16. The Morgan fingerprint density at radius 3 is 2.94 bits per heavy atom.